The van der Waals surface area contributed by atoms with Gasteiger partial charge in [-0.15, -0.1) is 0 Å². The zero-order valence-electron chi connectivity index (χ0n) is 9.77. The van der Waals surface area contributed by atoms with Gasteiger partial charge < -0.3 is 10.4 Å². The van der Waals surface area contributed by atoms with Gasteiger partial charge in [-0.25, -0.2) is 0 Å². The number of carboxylic acids is 1. The third-order valence-electron chi connectivity index (χ3n) is 2.81. The Kier molecular flexibility index (Phi) is 3.01. The summed E-state index contributed by atoms with van der Waals surface area (Å²) in [6.45, 7) is -0.101. The van der Waals surface area contributed by atoms with Crippen LogP contribution < -0.4 is 5.32 Å². The molecule has 0 aliphatic carbocycles. The summed E-state index contributed by atoms with van der Waals surface area (Å²) in [6.07, 6.45) is -0.246. The van der Waals surface area contributed by atoms with Crippen molar-refractivity contribution in [3.05, 3.63) is 29.3 Å². The molecule has 0 atom stereocenters. The van der Waals surface area contributed by atoms with E-state index < -0.39 is 17.8 Å². The Bertz CT molecular complexity index is 539. The van der Waals surface area contributed by atoms with Crippen molar-refractivity contribution in [3.8, 4) is 0 Å². The molecule has 0 unspecified atom stereocenters. The lowest BCUT2D eigenvalue weighted by Gasteiger charge is -2.11. The Hall–Kier alpha value is -2.37. The molecule has 0 radical (unpaired) electrons. The highest BCUT2D eigenvalue weighted by atomic mass is 16.4. The quantitative estimate of drug-likeness (QED) is 0.769. The van der Waals surface area contributed by atoms with Gasteiger partial charge >= 0.3 is 5.97 Å². The third-order valence-corrected chi connectivity index (χ3v) is 2.81. The number of carboxylic acid groups (broad SMARTS) is 1. The van der Waals surface area contributed by atoms with Crippen LogP contribution in [-0.2, 0) is 4.79 Å². The number of carbonyl (C=O) groups is 3. The molecule has 1 aromatic carbocycles. The van der Waals surface area contributed by atoms with E-state index in [4.69, 9.17) is 5.11 Å². The van der Waals surface area contributed by atoms with Crippen molar-refractivity contribution in [2.24, 2.45) is 0 Å². The molecule has 18 heavy (non-hydrogen) atoms. The van der Waals surface area contributed by atoms with Crippen LogP contribution in [0.15, 0.2) is 18.2 Å². The number of amides is 2. The molecule has 1 aliphatic heterocycles. The predicted molar refractivity (Wildman–Crippen MR) is 63.6 cm³/mol. The SMILES string of the molecule is CNc1ccc2c(c1)C(=O)N(CCC(=O)O)C2=O. The Labute approximate surface area is 103 Å². The molecule has 1 heterocycles. The van der Waals surface area contributed by atoms with Gasteiger partial charge in [-0.05, 0) is 18.2 Å². The van der Waals surface area contributed by atoms with Crippen molar-refractivity contribution in [2.45, 2.75) is 6.42 Å². The van der Waals surface area contributed by atoms with Crippen molar-refractivity contribution in [2.75, 3.05) is 18.9 Å². The zero-order valence-corrected chi connectivity index (χ0v) is 9.77. The third kappa shape index (κ3) is 1.92. The molecule has 1 aromatic rings. The van der Waals surface area contributed by atoms with Crippen LogP contribution >= 0.6 is 0 Å². The predicted octanol–water partition coefficient (Wildman–Crippen LogP) is 0.799. The first kappa shape index (κ1) is 12.1. The molecule has 0 fully saturated rings. The minimum Gasteiger partial charge on any atom is -0.481 e. The summed E-state index contributed by atoms with van der Waals surface area (Å²) in [4.78, 5) is 35.3. The lowest BCUT2D eigenvalue weighted by atomic mass is 10.1. The first-order valence-electron chi connectivity index (χ1n) is 5.44. The van der Waals surface area contributed by atoms with Gasteiger partial charge in [0.1, 0.15) is 0 Å². The fourth-order valence-electron chi connectivity index (χ4n) is 1.86. The minimum absolute atomic E-state index is 0.101. The van der Waals surface area contributed by atoms with Gasteiger partial charge in [0, 0.05) is 19.3 Å². The summed E-state index contributed by atoms with van der Waals surface area (Å²) in [5.74, 6) is -1.91. The number of hydrogen-bond acceptors (Lipinski definition) is 4. The molecule has 6 nitrogen and oxygen atoms in total. The maximum absolute atomic E-state index is 12.0. The Balaban J connectivity index is 2.29. The molecule has 2 amide bonds. The lowest BCUT2D eigenvalue weighted by molar-refractivity contribution is -0.137. The van der Waals surface area contributed by atoms with Crippen molar-refractivity contribution in [1.82, 2.24) is 4.90 Å². The van der Waals surface area contributed by atoms with E-state index >= 15 is 0 Å². The lowest BCUT2D eigenvalue weighted by Crippen LogP contribution is -2.31. The number of imide groups is 1. The molecule has 94 valence electrons. The number of hydrogen-bond donors (Lipinski definition) is 2. The Morgan fingerprint density at radius 2 is 1.94 bits per heavy atom. The first-order chi connectivity index (χ1) is 8.54. The van der Waals surface area contributed by atoms with Gasteiger partial charge in [0.25, 0.3) is 11.8 Å². The summed E-state index contributed by atoms with van der Waals surface area (Å²) in [6, 6.07) is 4.86. The largest absolute Gasteiger partial charge is 0.481 e. The topological polar surface area (TPSA) is 86.7 Å². The maximum atomic E-state index is 12.0. The average Bonchev–Trinajstić information content (AvgIpc) is 2.59. The standard InChI is InChI=1S/C12H12N2O4/c1-13-7-2-3-8-9(6-7)12(18)14(11(8)17)5-4-10(15)16/h2-3,6,13H,4-5H2,1H3,(H,15,16). The number of aliphatic carboxylic acids is 1. The maximum Gasteiger partial charge on any atom is 0.305 e. The van der Waals surface area contributed by atoms with Crippen molar-refractivity contribution >= 4 is 23.5 Å². The van der Waals surface area contributed by atoms with E-state index in [1.54, 1.807) is 25.2 Å². The van der Waals surface area contributed by atoms with Crippen LogP contribution in [0, 0.1) is 0 Å². The number of rotatable bonds is 4. The van der Waals surface area contributed by atoms with Crippen molar-refractivity contribution in [1.29, 1.82) is 0 Å². The van der Waals surface area contributed by atoms with E-state index in [1.807, 2.05) is 0 Å². The molecule has 2 rings (SSSR count). The molecule has 0 spiro atoms. The van der Waals surface area contributed by atoms with Crippen LogP contribution in [0.25, 0.3) is 0 Å². The fourth-order valence-corrected chi connectivity index (χ4v) is 1.86. The Morgan fingerprint density at radius 1 is 1.28 bits per heavy atom. The monoisotopic (exact) mass is 248 g/mol. The number of nitrogens with zero attached hydrogens (tertiary/aromatic N) is 1. The highest BCUT2D eigenvalue weighted by molar-refractivity contribution is 6.21. The summed E-state index contributed by atoms with van der Waals surface area (Å²) in [5.41, 5.74) is 1.37. The van der Waals surface area contributed by atoms with Crippen molar-refractivity contribution < 1.29 is 19.5 Å². The summed E-state index contributed by atoms with van der Waals surface area (Å²) < 4.78 is 0. The average molecular weight is 248 g/mol. The number of fused-ring (bicyclic) bond motifs is 1. The summed E-state index contributed by atoms with van der Waals surface area (Å²) >= 11 is 0. The van der Waals surface area contributed by atoms with Gasteiger partial charge in [0.15, 0.2) is 0 Å². The molecule has 1 aliphatic rings. The normalized spacial score (nSPS) is 13.7. The molecular weight excluding hydrogens is 236 g/mol. The minimum atomic E-state index is -1.04. The van der Waals surface area contributed by atoms with Crippen LogP contribution in [0.1, 0.15) is 27.1 Å². The van der Waals surface area contributed by atoms with Crippen molar-refractivity contribution in [3.63, 3.8) is 0 Å². The van der Waals surface area contributed by atoms with E-state index in [2.05, 4.69) is 5.32 Å². The van der Waals surface area contributed by atoms with Gasteiger partial charge in [0.2, 0.25) is 0 Å². The van der Waals surface area contributed by atoms with E-state index in [1.165, 1.54) is 0 Å². The second kappa shape index (κ2) is 4.48. The fraction of sp³-hybridized carbons (Fsp3) is 0.250. The van der Waals surface area contributed by atoms with Gasteiger partial charge in [-0.1, -0.05) is 0 Å². The second-order valence-corrected chi connectivity index (χ2v) is 3.92. The summed E-state index contributed by atoms with van der Waals surface area (Å²) in [5, 5.41) is 11.5. The molecule has 0 aromatic heterocycles. The van der Waals surface area contributed by atoms with E-state index in [9.17, 15) is 14.4 Å². The van der Waals surface area contributed by atoms with Crippen LogP contribution in [-0.4, -0.2) is 41.4 Å². The molecule has 0 bridgehead atoms. The smallest absolute Gasteiger partial charge is 0.305 e. The van der Waals surface area contributed by atoms with Crippen LogP contribution in [0.3, 0.4) is 0 Å². The highest BCUT2D eigenvalue weighted by Gasteiger charge is 2.35. The number of nitrogens with one attached hydrogen (secondary N) is 1. The number of anilines is 1. The van der Waals surface area contributed by atoms with Crippen LogP contribution in [0.4, 0.5) is 5.69 Å². The first-order valence-corrected chi connectivity index (χ1v) is 5.44. The van der Waals surface area contributed by atoms with E-state index in [0.29, 0.717) is 11.1 Å². The number of benzene rings is 1. The van der Waals surface area contributed by atoms with Crippen LogP contribution in [0.5, 0.6) is 0 Å². The molecule has 2 N–H and O–H groups in total. The highest BCUT2D eigenvalue weighted by Crippen LogP contribution is 2.25. The molecule has 0 saturated carbocycles. The molecule has 6 heteroatoms. The van der Waals surface area contributed by atoms with E-state index in [-0.39, 0.29) is 13.0 Å². The zero-order chi connectivity index (χ0) is 13.3. The molecular formula is C12H12N2O4. The van der Waals surface area contributed by atoms with Gasteiger partial charge in [-0.2, -0.15) is 0 Å². The van der Waals surface area contributed by atoms with Crippen LogP contribution in [0.2, 0.25) is 0 Å². The van der Waals surface area contributed by atoms with Gasteiger partial charge in [0.05, 0.1) is 17.5 Å². The molecule has 0 saturated heterocycles. The Morgan fingerprint density at radius 3 is 2.56 bits per heavy atom. The summed E-state index contributed by atoms with van der Waals surface area (Å²) in [7, 11) is 1.71. The number of carbonyl (C=O) groups excluding carboxylic acids is 2. The van der Waals surface area contributed by atoms with E-state index in [0.717, 1.165) is 10.6 Å². The second-order valence-electron chi connectivity index (χ2n) is 3.92. The van der Waals surface area contributed by atoms with Gasteiger partial charge in [-0.3, -0.25) is 19.3 Å².